The summed E-state index contributed by atoms with van der Waals surface area (Å²) in [6.07, 6.45) is 3.76. The summed E-state index contributed by atoms with van der Waals surface area (Å²) < 4.78 is 16.5. The normalized spacial score (nSPS) is 15.4. The predicted molar refractivity (Wildman–Crippen MR) is 96.7 cm³/mol. The SMILES string of the molecule is Cc1noc2ncnc(NCc3ccc(COC4CCOCC4)cc3)c12. The molecule has 3 heterocycles. The lowest BCUT2D eigenvalue weighted by Gasteiger charge is -2.22. The number of ether oxygens (including phenoxy) is 2. The van der Waals surface area contributed by atoms with E-state index in [1.165, 1.54) is 17.5 Å². The highest BCUT2D eigenvalue weighted by Gasteiger charge is 2.14. The molecule has 136 valence electrons. The Bertz CT molecular complexity index is 857. The van der Waals surface area contributed by atoms with Gasteiger partial charge in [-0.05, 0) is 30.9 Å². The third-order valence-corrected chi connectivity index (χ3v) is 4.58. The number of hydrogen-bond donors (Lipinski definition) is 1. The zero-order valence-electron chi connectivity index (χ0n) is 14.8. The smallest absolute Gasteiger partial charge is 0.263 e. The molecule has 4 rings (SSSR count). The molecule has 1 aliphatic heterocycles. The van der Waals surface area contributed by atoms with Crippen LogP contribution in [0.25, 0.3) is 11.1 Å². The zero-order valence-corrected chi connectivity index (χ0v) is 14.8. The maximum Gasteiger partial charge on any atom is 0.263 e. The summed E-state index contributed by atoms with van der Waals surface area (Å²) in [6, 6.07) is 8.43. The van der Waals surface area contributed by atoms with Gasteiger partial charge in [-0.1, -0.05) is 29.4 Å². The molecule has 0 spiro atoms. The first-order valence-corrected chi connectivity index (χ1v) is 8.87. The van der Waals surface area contributed by atoms with E-state index in [0.717, 1.165) is 43.0 Å². The molecule has 26 heavy (non-hydrogen) atoms. The molecule has 7 heteroatoms. The van der Waals surface area contributed by atoms with Crippen molar-refractivity contribution >= 4 is 16.9 Å². The summed E-state index contributed by atoms with van der Waals surface area (Å²) in [5.41, 5.74) is 3.63. The fourth-order valence-electron chi connectivity index (χ4n) is 3.05. The summed E-state index contributed by atoms with van der Waals surface area (Å²) in [4.78, 5) is 8.39. The van der Waals surface area contributed by atoms with Gasteiger partial charge in [0, 0.05) is 19.8 Å². The molecule has 0 bridgehead atoms. The Morgan fingerprint density at radius 3 is 2.69 bits per heavy atom. The second-order valence-electron chi connectivity index (χ2n) is 6.46. The standard InChI is InChI=1S/C19H22N4O3/c1-13-17-18(21-12-22-19(17)26-23-13)20-10-14-2-4-15(5-3-14)11-25-16-6-8-24-9-7-16/h2-5,12,16H,6-11H2,1H3,(H,20,21,22). The predicted octanol–water partition coefficient (Wildman–Crippen LogP) is 3.23. The van der Waals surface area contributed by atoms with Crippen molar-refractivity contribution in [2.45, 2.75) is 39.0 Å². The molecule has 0 aliphatic carbocycles. The van der Waals surface area contributed by atoms with Crippen LogP contribution in [0, 0.1) is 6.92 Å². The summed E-state index contributed by atoms with van der Waals surface area (Å²) in [5.74, 6) is 0.737. The number of aryl methyl sites for hydroxylation is 1. The van der Waals surface area contributed by atoms with Crippen molar-refractivity contribution < 1.29 is 14.0 Å². The van der Waals surface area contributed by atoms with Crippen LogP contribution in [-0.2, 0) is 22.6 Å². The quantitative estimate of drug-likeness (QED) is 0.727. The van der Waals surface area contributed by atoms with E-state index in [4.69, 9.17) is 14.0 Å². The maximum absolute atomic E-state index is 5.96. The van der Waals surface area contributed by atoms with Crippen molar-refractivity contribution in [1.82, 2.24) is 15.1 Å². The van der Waals surface area contributed by atoms with E-state index in [9.17, 15) is 0 Å². The van der Waals surface area contributed by atoms with Crippen LogP contribution in [-0.4, -0.2) is 34.4 Å². The van der Waals surface area contributed by atoms with Gasteiger partial charge in [0.25, 0.3) is 5.71 Å². The van der Waals surface area contributed by atoms with Crippen LogP contribution in [0.3, 0.4) is 0 Å². The minimum atomic E-state index is 0.317. The van der Waals surface area contributed by atoms with Crippen molar-refractivity contribution in [2.75, 3.05) is 18.5 Å². The monoisotopic (exact) mass is 354 g/mol. The molecule has 0 atom stereocenters. The minimum Gasteiger partial charge on any atom is -0.381 e. The Morgan fingerprint density at radius 1 is 1.12 bits per heavy atom. The number of benzene rings is 1. The van der Waals surface area contributed by atoms with Crippen LogP contribution in [0.5, 0.6) is 0 Å². The molecule has 3 aromatic rings. The molecule has 1 aromatic carbocycles. The number of nitrogens with zero attached hydrogens (tertiary/aromatic N) is 3. The molecular weight excluding hydrogens is 332 g/mol. The summed E-state index contributed by atoms with van der Waals surface area (Å²) in [6.45, 7) is 4.80. The fraction of sp³-hybridized carbons (Fsp3) is 0.421. The van der Waals surface area contributed by atoms with Gasteiger partial charge in [-0.15, -0.1) is 0 Å². The lowest BCUT2D eigenvalue weighted by molar-refractivity contribution is -0.0390. The van der Waals surface area contributed by atoms with Crippen molar-refractivity contribution in [2.24, 2.45) is 0 Å². The first-order chi connectivity index (χ1) is 12.8. The number of aromatic nitrogens is 3. The van der Waals surface area contributed by atoms with Gasteiger partial charge in [-0.25, -0.2) is 4.98 Å². The van der Waals surface area contributed by atoms with Gasteiger partial charge >= 0.3 is 0 Å². The Kier molecular flexibility index (Phi) is 5.08. The molecule has 1 N–H and O–H groups in total. The third-order valence-electron chi connectivity index (χ3n) is 4.58. The van der Waals surface area contributed by atoms with Crippen LogP contribution < -0.4 is 5.32 Å². The van der Waals surface area contributed by atoms with E-state index in [-0.39, 0.29) is 0 Å². The molecule has 0 amide bonds. The Hall–Kier alpha value is -2.51. The lowest BCUT2D eigenvalue weighted by atomic mass is 10.1. The molecule has 1 fully saturated rings. The van der Waals surface area contributed by atoms with Crippen LogP contribution in [0.1, 0.15) is 29.7 Å². The molecule has 2 aromatic heterocycles. The molecular formula is C19H22N4O3. The van der Waals surface area contributed by atoms with E-state index < -0.39 is 0 Å². The molecule has 1 saturated heterocycles. The van der Waals surface area contributed by atoms with Crippen LogP contribution in [0.4, 0.5) is 5.82 Å². The van der Waals surface area contributed by atoms with Crippen LogP contribution >= 0.6 is 0 Å². The van der Waals surface area contributed by atoms with Gasteiger partial charge in [0.05, 0.1) is 18.4 Å². The number of hydrogen-bond acceptors (Lipinski definition) is 7. The average molecular weight is 354 g/mol. The highest BCUT2D eigenvalue weighted by Crippen LogP contribution is 2.23. The number of anilines is 1. The van der Waals surface area contributed by atoms with Gasteiger partial charge in [0.2, 0.25) is 0 Å². The van der Waals surface area contributed by atoms with Gasteiger partial charge in [0.15, 0.2) is 0 Å². The van der Waals surface area contributed by atoms with E-state index in [1.807, 2.05) is 6.92 Å². The Morgan fingerprint density at radius 2 is 1.88 bits per heavy atom. The van der Waals surface area contributed by atoms with E-state index in [1.54, 1.807) is 0 Å². The third kappa shape index (κ3) is 3.84. The second kappa shape index (κ2) is 7.80. The first-order valence-electron chi connectivity index (χ1n) is 8.87. The average Bonchev–Trinajstić information content (AvgIpc) is 3.08. The Labute approximate surface area is 151 Å². The number of rotatable bonds is 6. The van der Waals surface area contributed by atoms with E-state index in [0.29, 0.717) is 25.0 Å². The van der Waals surface area contributed by atoms with Gasteiger partial charge in [-0.2, -0.15) is 4.98 Å². The number of nitrogens with one attached hydrogen (secondary N) is 1. The highest BCUT2D eigenvalue weighted by molar-refractivity contribution is 5.87. The van der Waals surface area contributed by atoms with Crippen molar-refractivity contribution in [3.05, 3.63) is 47.4 Å². The lowest BCUT2D eigenvalue weighted by Crippen LogP contribution is -2.23. The molecule has 7 nitrogen and oxygen atoms in total. The maximum atomic E-state index is 5.96. The van der Waals surface area contributed by atoms with Crippen molar-refractivity contribution in [3.8, 4) is 0 Å². The second-order valence-corrected chi connectivity index (χ2v) is 6.46. The molecule has 0 saturated carbocycles. The highest BCUT2D eigenvalue weighted by atomic mass is 16.5. The van der Waals surface area contributed by atoms with Gasteiger partial charge < -0.3 is 19.3 Å². The minimum absolute atomic E-state index is 0.317. The van der Waals surface area contributed by atoms with Crippen LogP contribution in [0.15, 0.2) is 35.1 Å². The summed E-state index contributed by atoms with van der Waals surface area (Å²) in [7, 11) is 0. The molecule has 0 unspecified atom stereocenters. The van der Waals surface area contributed by atoms with Crippen molar-refractivity contribution in [1.29, 1.82) is 0 Å². The first kappa shape index (κ1) is 16.9. The molecule has 1 aliphatic rings. The van der Waals surface area contributed by atoms with E-state index >= 15 is 0 Å². The zero-order chi connectivity index (χ0) is 17.8. The Balaban J connectivity index is 1.34. The van der Waals surface area contributed by atoms with Crippen molar-refractivity contribution in [3.63, 3.8) is 0 Å². The molecule has 0 radical (unpaired) electrons. The van der Waals surface area contributed by atoms with Gasteiger partial charge in [0.1, 0.15) is 17.5 Å². The largest absolute Gasteiger partial charge is 0.381 e. The van der Waals surface area contributed by atoms with Gasteiger partial charge in [-0.3, -0.25) is 0 Å². The summed E-state index contributed by atoms with van der Waals surface area (Å²) >= 11 is 0. The summed E-state index contributed by atoms with van der Waals surface area (Å²) in [5, 5.41) is 8.11. The fourth-order valence-corrected chi connectivity index (χ4v) is 3.05. The van der Waals surface area contributed by atoms with Crippen LogP contribution in [0.2, 0.25) is 0 Å². The number of fused-ring (bicyclic) bond motifs is 1. The van der Waals surface area contributed by atoms with E-state index in [2.05, 4.69) is 44.7 Å². The topological polar surface area (TPSA) is 82.3 Å².